The van der Waals surface area contributed by atoms with Crippen molar-refractivity contribution in [3.05, 3.63) is 12.3 Å². The number of hydrogen-bond donors (Lipinski definition) is 0. The second-order valence-corrected chi connectivity index (χ2v) is 3.56. The normalized spacial score (nSPS) is 10.4. The second kappa shape index (κ2) is 6.10. The summed E-state index contributed by atoms with van der Waals surface area (Å²) in [6, 6.07) is 0.601. The molecule has 0 unspecified atom stereocenters. The molecule has 0 aromatic heterocycles. The Bertz CT molecular complexity index is 127. The molecule has 0 aliphatic carbocycles. The summed E-state index contributed by atoms with van der Waals surface area (Å²) >= 11 is 0. The number of hydrogen-bond acceptors (Lipinski definition) is 1. The summed E-state index contributed by atoms with van der Waals surface area (Å²) in [5.74, 6) is 0. The van der Waals surface area contributed by atoms with Crippen LogP contribution in [0.5, 0.6) is 0 Å². The van der Waals surface area contributed by atoms with E-state index in [1.807, 2.05) is 0 Å². The molecule has 0 aliphatic heterocycles. The summed E-state index contributed by atoms with van der Waals surface area (Å²) in [4.78, 5) is 2.41. The van der Waals surface area contributed by atoms with E-state index in [1.54, 1.807) is 0 Å². The highest BCUT2D eigenvalue weighted by atomic mass is 15.2. The van der Waals surface area contributed by atoms with Crippen molar-refractivity contribution < 1.29 is 0 Å². The minimum Gasteiger partial charge on any atom is -0.373 e. The maximum absolute atomic E-state index is 4.07. The lowest BCUT2D eigenvalue weighted by atomic mass is 10.2. The zero-order chi connectivity index (χ0) is 9.56. The molecular formula is C11H23N. The molecule has 0 heterocycles. The number of unbranched alkanes of at least 4 members (excludes halogenated alkanes) is 1. The first kappa shape index (κ1) is 11.5. The molecule has 1 nitrogen and oxygen atoms in total. The van der Waals surface area contributed by atoms with Gasteiger partial charge in [-0.3, -0.25) is 0 Å². The third-order valence-corrected chi connectivity index (χ3v) is 2.19. The maximum atomic E-state index is 4.07. The average Bonchev–Trinajstić information content (AvgIpc) is 2.04. The molecule has 0 N–H and O–H groups in total. The van der Waals surface area contributed by atoms with Crippen molar-refractivity contribution in [2.45, 2.75) is 53.0 Å². The van der Waals surface area contributed by atoms with E-state index in [0.29, 0.717) is 6.04 Å². The quantitative estimate of drug-likeness (QED) is 0.589. The Balaban J connectivity index is 3.95. The van der Waals surface area contributed by atoms with Gasteiger partial charge in [-0.1, -0.05) is 26.8 Å². The molecule has 0 aromatic rings. The Hall–Kier alpha value is -0.460. The number of allylic oxidation sites excluding steroid dienone is 1. The highest BCUT2D eigenvalue weighted by Gasteiger charge is 2.08. The molecule has 0 saturated heterocycles. The van der Waals surface area contributed by atoms with Crippen LogP contribution in [-0.4, -0.2) is 17.5 Å². The molecule has 0 saturated carbocycles. The Morgan fingerprint density at radius 3 is 2.25 bits per heavy atom. The minimum absolute atomic E-state index is 0.601. The molecular weight excluding hydrogens is 146 g/mol. The highest BCUT2D eigenvalue weighted by Crippen LogP contribution is 2.11. The Kier molecular flexibility index (Phi) is 5.87. The molecule has 0 bridgehead atoms. The molecule has 0 atom stereocenters. The molecule has 0 radical (unpaired) electrons. The second-order valence-electron chi connectivity index (χ2n) is 3.56. The highest BCUT2D eigenvalue weighted by molar-refractivity contribution is 4.93. The zero-order valence-electron chi connectivity index (χ0n) is 9.06. The molecule has 0 fully saturated rings. The Morgan fingerprint density at radius 2 is 1.92 bits per heavy atom. The molecule has 0 amide bonds. The van der Waals surface area contributed by atoms with Crippen molar-refractivity contribution in [3.8, 4) is 0 Å². The topological polar surface area (TPSA) is 3.24 Å². The number of nitrogens with zero attached hydrogens (tertiary/aromatic N) is 1. The van der Waals surface area contributed by atoms with Crippen LogP contribution in [-0.2, 0) is 0 Å². The summed E-state index contributed by atoms with van der Waals surface area (Å²) < 4.78 is 0. The van der Waals surface area contributed by atoms with Gasteiger partial charge >= 0.3 is 0 Å². The summed E-state index contributed by atoms with van der Waals surface area (Å²) in [7, 11) is 0. The van der Waals surface area contributed by atoms with E-state index in [4.69, 9.17) is 0 Å². The summed E-state index contributed by atoms with van der Waals surface area (Å²) in [5, 5.41) is 0. The lowest BCUT2D eigenvalue weighted by molar-refractivity contribution is 0.273. The van der Waals surface area contributed by atoms with Crippen LogP contribution in [0.2, 0.25) is 0 Å². The predicted octanol–water partition coefficient (Wildman–Crippen LogP) is 3.42. The zero-order valence-corrected chi connectivity index (χ0v) is 9.06. The van der Waals surface area contributed by atoms with Crippen LogP contribution in [0.15, 0.2) is 12.3 Å². The minimum atomic E-state index is 0.601. The Labute approximate surface area is 77.5 Å². The first-order valence-corrected chi connectivity index (χ1v) is 5.07. The van der Waals surface area contributed by atoms with Crippen molar-refractivity contribution in [3.63, 3.8) is 0 Å². The molecule has 0 rings (SSSR count). The van der Waals surface area contributed by atoms with Crippen LogP contribution in [0.25, 0.3) is 0 Å². The van der Waals surface area contributed by atoms with Crippen LogP contribution < -0.4 is 0 Å². The van der Waals surface area contributed by atoms with Crippen molar-refractivity contribution >= 4 is 0 Å². The third kappa shape index (κ3) is 3.80. The fraction of sp³-hybridized carbons (Fsp3) is 0.818. The van der Waals surface area contributed by atoms with Gasteiger partial charge in [-0.2, -0.15) is 0 Å². The maximum Gasteiger partial charge on any atom is 0.0230 e. The van der Waals surface area contributed by atoms with Crippen molar-refractivity contribution in [2.24, 2.45) is 0 Å². The van der Waals surface area contributed by atoms with Crippen LogP contribution in [0.1, 0.15) is 47.0 Å². The third-order valence-electron chi connectivity index (χ3n) is 2.19. The van der Waals surface area contributed by atoms with Crippen LogP contribution in [0.3, 0.4) is 0 Å². The van der Waals surface area contributed by atoms with E-state index < -0.39 is 0 Å². The van der Waals surface area contributed by atoms with Crippen molar-refractivity contribution in [2.75, 3.05) is 6.54 Å². The van der Waals surface area contributed by atoms with E-state index in [0.717, 1.165) is 6.42 Å². The van der Waals surface area contributed by atoms with Crippen molar-refractivity contribution in [1.29, 1.82) is 0 Å². The SMILES string of the molecule is C=C(CC)N(CCCC)C(C)C. The van der Waals surface area contributed by atoms with Gasteiger partial charge in [-0.05, 0) is 26.7 Å². The fourth-order valence-electron chi connectivity index (χ4n) is 1.31. The van der Waals surface area contributed by atoms with E-state index in [1.165, 1.54) is 25.1 Å². The summed E-state index contributed by atoms with van der Waals surface area (Å²) in [5.41, 5.74) is 1.28. The van der Waals surface area contributed by atoms with Crippen molar-refractivity contribution in [1.82, 2.24) is 4.90 Å². The van der Waals surface area contributed by atoms with Gasteiger partial charge in [0, 0.05) is 18.3 Å². The van der Waals surface area contributed by atoms with E-state index in [-0.39, 0.29) is 0 Å². The first-order valence-electron chi connectivity index (χ1n) is 5.07. The molecule has 0 aliphatic rings. The van der Waals surface area contributed by atoms with E-state index in [2.05, 4.69) is 39.2 Å². The van der Waals surface area contributed by atoms with Gasteiger partial charge in [0.1, 0.15) is 0 Å². The smallest absolute Gasteiger partial charge is 0.0230 e. The largest absolute Gasteiger partial charge is 0.373 e. The van der Waals surface area contributed by atoms with Gasteiger partial charge in [-0.25, -0.2) is 0 Å². The van der Waals surface area contributed by atoms with Gasteiger partial charge in [0.2, 0.25) is 0 Å². The van der Waals surface area contributed by atoms with Gasteiger partial charge in [0.05, 0.1) is 0 Å². The molecule has 1 heteroatoms. The number of rotatable bonds is 6. The summed E-state index contributed by atoms with van der Waals surface area (Å²) in [6.45, 7) is 14.1. The molecule has 12 heavy (non-hydrogen) atoms. The first-order chi connectivity index (χ1) is 5.63. The molecule has 72 valence electrons. The molecule has 0 aromatic carbocycles. The standard InChI is InChI=1S/C11H23N/c1-6-8-9-12(10(3)4)11(5)7-2/h10H,5-9H2,1-4H3. The average molecular weight is 169 g/mol. The lowest BCUT2D eigenvalue weighted by Gasteiger charge is -2.30. The van der Waals surface area contributed by atoms with Crippen LogP contribution in [0, 0.1) is 0 Å². The van der Waals surface area contributed by atoms with Gasteiger partial charge in [-0.15, -0.1) is 0 Å². The predicted molar refractivity (Wildman–Crippen MR) is 56.2 cm³/mol. The monoisotopic (exact) mass is 169 g/mol. The van der Waals surface area contributed by atoms with E-state index in [9.17, 15) is 0 Å². The molecule has 0 spiro atoms. The lowest BCUT2D eigenvalue weighted by Crippen LogP contribution is -2.30. The summed E-state index contributed by atoms with van der Waals surface area (Å²) in [6.07, 6.45) is 3.61. The Morgan fingerprint density at radius 1 is 1.33 bits per heavy atom. The fourth-order valence-corrected chi connectivity index (χ4v) is 1.31. The van der Waals surface area contributed by atoms with Crippen LogP contribution in [0.4, 0.5) is 0 Å². The van der Waals surface area contributed by atoms with Crippen LogP contribution >= 0.6 is 0 Å². The van der Waals surface area contributed by atoms with E-state index >= 15 is 0 Å². The van der Waals surface area contributed by atoms with Gasteiger partial charge in [0.25, 0.3) is 0 Å². The van der Waals surface area contributed by atoms with Gasteiger partial charge < -0.3 is 4.90 Å². The van der Waals surface area contributed by atoms with Gasteiger partial charge in [0.15, 0.2) is 0 Å².